The maximum Gasteiger partial charge on any atom is 0.270 e. The second-order valence-electron chi connectivity index (χ2n) is 7.59. The molecule has 1 unspecified atom stereocenters. The topological polar surface area (TPSA) is 71.1 Å². The van der Waals surface area contributed by atoms with Gasteiger partial charge in [0.15, 0.2) is 0 Å². The first-order valence-electron chi connectivity index (χ1n) is 10.3. The van der Waals surface area contributed by atoms with E-state index in [9.17, 15) is 9.59 Å². The number of pyridine rings is 1. The summed E-state index contributed by atoms with van der Waals surface area (Å²) < 4.78 is 0. The molecule has 5 heteroatoms. The molecule has 0 spiro atoms. The zero-order valence-electron chi connectivity index (χ0n) is 17.2. The highest BCUT2D eigenvalue weighted by Crippen LogP contribution is 2.25. The van der Waals surface area contributed by atoms with Crippen LogP contribution in [-0.4, -0.2) is 22.8 Å². The molecule has 30 heavy (non-hydrogen) atoms. The Morgan fingerprint density at radius 1 is 1.13 bits per heavy atom. The van der Waals surface area contributed by atoms with Gasteiger partial charge in [0.1, 0.15) is 11.7 Å². The molecule has 0 saturated heterocycles. The Hall–Kier alpha value is -3.47. The van der Waals surface area contributed by atoms with Gasteiger partial charge >= 0.3 is 0 Å². The lowest BCUT2D eigenvalue weighted by Crippen LogP contribution is -2.43. The van der Waals surface area contributed by atoms with E-state index in [1.807, 2.05) is 67.6 Å². The van der Waals surface area contributed by atoms with Crippen molar-refractivity contribution in [2.45, 2.75) is 39.2 Å². The number of nitrogens with one attached hydrogen (secondary N) is 2. The summed E-state index contributed by atoms with van der Waals surface area (Å²) in [5, 5.41) is 5.83. The molecule has 5 nitrogen and oxygen atoms in total. The molecule has 4 rings (SSSR count). The van der Waals surface area contributed by atoms with Crippen LogP contribution in [0.3, 0.4) is 0 Å². The van der Waals surface area contributed by atoms with Crippen molar-refractivity contribution in [2.75, 3.05) is 5.32 Å². The fourth-order valence-electron chi connectivity index (χ4n) is 3.89. The number of benzene rings is 2. The molecule has 1 atom stereocenters. The quantitative estimate of drug-likeness (QED) is 0.687. The van der Waals surface area contributed by atoms with E-state index in [1.165, 1.54) is 0 Å². The van der Waals surface area contributed by atoms with Crippen LogP contribution in [0.15, 0.2) is 60.7 Å². The summed E-state index contributed by atoms with van der Waals surface area (Å²) in [6, 6.07) is 19.0. The summed E-state index contributed by atoms with van der Waals surface area (Å²) in [4.78, 5) is 30.5. The minimum Gasteiger partial charge on any atom is -0.339 e. The van der Waals surface area contributed by atoms with Crippen molar-refractivity contribution in [3.05, 3.63) is 83.0 Å². The minimum absolute atomic E-state index is 0.195. The second kappa shape index (κ2) is 8.49. The number of rotatable bonds is 4. The first kappa shape index (κ1) is 19.8. The van der Waals surface area contributed by atoms with E-state index in [0.717, 1.165) is 46.5 Å². The van der Waals surface area contributed by atoms with Gasteiger partial charge in [0, 0.05) is 11.3 Å². The van der Waals surface area contributed by atoms with Crippen LogP contribution in [0.1, 0.15) is 40.5 Å². The molecule has 1 aliphatic rings. The molecule has 0 fully saturated rings. The maximum atomic E-state index is 13.1. The monoisotopic (exact) mass is 399 g/mol. The zero-order valence-corrected chi connectivity index (χ0v) is 17.2. The number of anilines is 1. The van der Waals surface area contributed by atoms with E-state index in [0.29, 0.717) is 12.1 Å². The number of carbonyl (C=O) groups is 2. The Morgan fingerprint density at radius 3 is 2.63 bits per heavy atom. The molecule has 2 amide bonds. The van der Waals surface area contributed by atoms with Crippen LogP contribution in [0, 0.1) is 6.92 Å². The van der Waals surface area contributed by atoms with Crippen molar-refractivity contribution in [3.8, 4) is 11.3 Å². The largest absolute Gasteiger partial charge is 0.339 e. The third-order valence-corrected chi connectivity index (χ3v) is 5.53. The standard InChI is InChI=1S/C25H25N3O2/c1-3-17-15-16(2)22(28-23(17)19-10-5-4-6-11-19)25(30)27-21-14-13-18-9-7-8-12-20(18)26-24(21)29/h4-12,15,21H,3,13-14H2,1-2H3,(H,26,29)(H,27,30). The Kier molecular flexibility index (Phi) is 5.61. The Morgan fingerprint density at radius 2 is 1.87 bits per heavy atom. The number of nitrogens with zero attached hydrogens (tertiary/aromatic N) is 1. The van der Waals surface area contributed by atoms with Crippen molar-refractivity contribution < 1.29 is 9.59 Å². The summed E-state index contributed by atoms with van der Waals surface area (Å²) in [5.74, 6) is -0.516. The number of fused-ring (bicyclic) bond motifs is 1. The lowest BCUT2D eigenvalue weighted by molar-refractivity contribution is -0.118. The van der Waals surface area contributed by atoms with E-state index in [4.69, 9.17) is 4.98 Å². The van der Waals surface area contributed by atoms with Crippen molar-refractivity contribution >= 4 is 17.5 Å². The van der Waals surface area contributed by atoms with Gasteiger partial charge in [-0.1, -0.05) is 61.5 Å². The van der Waals surface area contributed by atoms with E-state index in [-0.39, 0.29) is 11.8 Å². The summed E-state index contributed by atoms with van der Waals surface area (Å²) in [6.07, 6.45) is 2.09. The molecule has 1 aliphatic heterocycles. The molecule has 152 valence electrons. The molecular weight excluding hydrogens is 374 g/mol. The molecule has 0 radical (unpaired) electrons. The number of amides is 2. The highest BCUT2D eigenvalue weighted by atomic mass is 16.2. The Labute approximate surface area is 176 Å². The van der Waals surface area contributed by atoms with Crippen LogP contribution < -0.4 is 10.6 Å². The summed E-state index contributed by atoms with van der Waals surface area (Å²) in [6.45, 7) is 3.97. The number of aromatic nitrogens is 1. The van der Waals surface area contributed by atoms with Gasteiger partial charge < -0.3 is 10.6 Å². The molecule has 0 aliphatic carbocycles. The molecule has 2 aromatic carbocycles. The molecule has 3 aromatic rings. The lowest BCUT2D eigenvalue weighted by atomic mass is 10.0. The fraction of sp³-hybridized carbons (Fsp3) is 0.240. The molecular formula is C25H25N3O2. The van der Waals surface area contributed by atoms with E-state index < -0.39 is 6.04 Å². The average Bonchev–Trinajstić information content (AvgIpc) is 2.92. The first-order chi connectivity index (χ1) is 14.6. The van der Waals surface area contributed by atoms with E-state index >= 15 is 0 Å². The summed E-state index contributed by atoms with van der Waals surface area (Å²) in [5.41, 5.74) is 5.94. The number of hydrogen-bond donors (Lipinski definition) is 2. The van der Waals surface area contributed by atoms with Crippen molar-refractivity contribution in [2.24, 2.45) is 0 Å². The van der Waals surface area contributed by atoms with Crippen molar-refractivity contribution in [3.63, 3.8) is 0 Å². The molecule has 1 aromatic heterocycles. The van der Waals surface area contributed by atoms with Crippen molar-refractivity contribution in [1.29, 1.82) is 0 Å². The van der Waals surface area contributed by atoms with Gasteiger partial charge in [-0.05, 0) is 48.9 Å². The van der Waals surface area contributed by atoms with Gasteiger partial charge in [-0.2, -0.15) is 0 Å². The number of para-hydroxylation sites is 1. The highest BCUT2D eigenvalue weighted by Gasteiger charge is 2.26. The number of hydrogen-bond acceptors (Lipinski definition) is 3. The van der Waals surface area contributed by atoms with E-state index in [1.54, 1.807) is 0 Å². The molecule has 0 bridgehead atoms. The van der Waals surface area contributed by atoms with Gasteiger partial charge in [-0.15, -0.1) is 0 Å². The fourth-order valence-corrected chi connectivity index (χ4v) is 3.89. The first-order valence-corrected chi connectivity index (χ1v) is 10.3. The van der Waals surface area contributed by atoms with Crippen LogP contribution in [0.2, 0.25) is 0 Å². The van der Waals surface area contributed by atoms with Crippen LogP contribution in [0.4, 0.5) is 5.69 Å². The summed E-state index contributed by atoms with van der Waals surface area (Å²) in [7, 11) is 0. The number of aryl methyl sites for hydroxylation is 3. The van der Waals surface area contributed by atoms with Crippen molar-refractivity contribution in [1.82, 2.24) is 10.3 Å². The number of carbonyl (C=O) groups excluding carboxylic acids is 2. The third-order valence-electron chi connectivity index (χ3n) is 5.53. The molecule has 0 saturated carbocycles. The smallest absolute Gasteiger partial charge is 0.270 e. The minimum atomic E-state index is -0.600. The van der Waals surface area contributed by atoms with Crippen LogP contribution in [0.5, 0.6) is 0 Å². The SMILES string of the molecule is CCc1cc(C)c(C(=O)NC2CCc3ccccc3NC2=O)nc1-c1ccccc1. The van der Waals surface area contributed by atoms with E-state index in [2.05, 4.69) is 17.6 Å². The highest BCUT2D eigenvalue weighted by molar-refractivity contribution is 6.02. The van der Waals surface area contributed by atoms with Crippen LogP contribution in [0.25, 0.3) is 11.3 Å². The zero-order chi connectivity index (χ0) is 21.1. The predicted octanol–water partition coefficient (Wildman–Crippen LogP) is 4.30. The van der Waals surface area contributed by atoms with Gasteiger partial charge in [-0.25, -0.2) is 4.98 Å². The average molecular weight is 399 g/mol. The Bertz CT molecular complexity index is 1090. The molecule has 2 heterocycles. The molecule has 2 N–H and O–H groups in total. The summed E-state index contributed by atoms with van der Waals surface area (Å²) >= 11 is 0. The van der Waals surface area contributed by atoms with Crippen LogP contribution >= 0.6 is 0 Å². The normalized spacial score (nSPS) is 15.7. The predicted molar refractivity (Wildman–Crippen MR) is 118 cm³/mol. The second-order valence-corrected chi connectivity index (χ2v) is 7.59. The lowest BCUT2D eigenvalue weighted by Gasteiger charge is -2.17. The van der Waals surface area contributed by atoms with Gasteiger partial charge in [0.25, 0.3) is 5.91 Å². The Balaban J connectivity index is 1.60. The van der Waals surface area contributed by atoms with Gasteiger partial charge in [0.05, 0.1) is 5.69 Å². The van der Waals surface area contributed by atoms with Gasteiger partial charge in [0.2, 0.25) is 5.91 Å². The third kappa shape index (κ3) is 3.96. The maximum absolute atomic E-state index is 13.1. The van der Waals surface area contributed by atoms with Crippen LogP contribution in [-0.2, 0) is 17.6 Å². The van der Waals surface area contributed by atoms with Gasteiger partial charge in [-0.3, -0.25) is 9.59 Å².